The maximum atomic E-state index is 14.4. The number of halogens is 4. The molecule has 2 atom stereocenters. The lowest BCUT2D eigenvalue weighted by Gasteiger charge is -2.31. The molecule has 16 heteroatoms. The third kappa shape index (κ3) is 8.29. The number of Topliss-reactive ketones (excluding diaryl/α,β-unsaturated/α-hetero) is 2. The van der Waals surface area contributed by atoms with E-state index in [2.05, 4.69) is 41.8 Å². The number of allylic oxidation sites excluding steroid dienone is 2. The highest BCUT2D eigenvalue weighted by atomic mass is 79.9. The second kappa shape index (κ2) is 17.2. The van der Waals surface area contributed by atoms with Crippen molar-refractivity contribution in [3.05, 3.63) is 79.8 Å². The lowest BCUT2D eigenvalue weighted by molar-refractivity contribution is -0.119. The molecule has 2 amide bonds. The number of carbonyl (C=O) groups excluding carboxylic acids is 4. The Hall–Kier alpha value is -4.12. The van der Waals surface area contributed by atoms with Gasteiger partial charge in [0.05, 0.1) is 52.1 Å². The highest BCUT2D eigenvalue weighted by molar-refractivity contribution is 9.10. The average molecular weight is 901 g/mol. The summed E-state index contributed by atoms with van der Waals surface area (Å²) in [5, 5.41) is 0. The molecular weight excluding hydrogens is 858 g/mol. The number of anilines is 2. The van der Waals surface area contributed by atoms with Crippen LogP contribution in [-0.4, -0.2) is 109 Å². The van der Waals surface area contributed by atoms with Crippen molar-refractivity contribution >= 4 is 78.0 Å². The second-order valence-corrected chi connectivity index (χ2v) is 16.2. The Bertz CT molecular complexity index is 1930. The van der Waals surface area contributed by atoms with Gasteiger partial charge < -0.3 is 29.1 Å². The summed E-state index contributed by atoms with van der Waals surface area (Å²) in [5.74, 6) is -3.03. The number of ether oxygens (including phenoxy) is 2. The normalized spacial score (nSPS) is 22.5. The standard InChI is InChI=1S/2C20H21BrFN3O3/c2*1-12-9-14-15(21)3-2-4-16(14)25(12)18(27)11-13-10-17(26)19(22)20(23-13)24-5-7-28-8-6-24/h2*2-4,12H,5-11H2,1H3. The van der Waals surface area contributed by atoms with Crippen molar-refractivity contribution in [3.8, 4) is 0 Å². The quantitative estimate of drug-likeness (QED) is 0.346. The molecule has 296 valence electrons. The summed E-state index contributed by atoms with van der Waals surface area (Å²) in [6.45, 7) is 7.76. The van der Waals surface area contributed by atoms with Gasteiger partial charge in [0.2, 0.25) is 35.0 Å². The fraction of sp³-hybridized carbons (Fsp3) is 0.450. The predicted molar refractivity (Wildman–Crippen MR) is 214 cm³/mol. The van der Waals surface area contributed by atoms with E-state index in [1.54, 1.807) is 19.6 Å². The first-order chi connectivity index (χ1) is 26.9. The van der Waals surface area contributed by atoms with Crippen LogP contribution in [0.5, 0.6) is 0 Å². The van der Waals surface area contributed by atoms with E-state index in [-0.39, 0.29) is 61.2 Å². The van der Waals surface area contributed by atoms with Crippen molar-refractivity contribution in [3.63, 3.8) is 0 Å². The van der Waals surface area contributed by atoms with E-state index >= 15 is 0 Å². The molecule has 2 unspecified atom stereocenters. The zero-order valence-electron chi connectivity index (χ0n) is 31.2. The van der Waals surface area contributed by atoms with Gasteiger partial charge in [0.15, 0.2) is 11.6 Å². The van der Waals surface area contributed by atoms with Crippen molar-refractivity contribution in [2.75, 3.05) is 62.4 Å². The number of ketones is 2. The maximum absolute atomic E-state index is 14.4. The highest BCUT2D eigenvalue weighted by Crippen LogP contribution is 2.39. The Balaban J connectivity index is 0.000000172. The number of hydrogen-bond acceptors (Lipinski definition) is 10. The molecule has 2 saturated heterocycles. The van der Waals surface area contributed by atoms with Crippen LogP contribution < -0.4 is 9.80 Å². The number of nitrogens with zero attached hydrogens (tertiary/aromatic N) is 6. The van der Waals surface area contributed by atoms with Crippen LogP contribution in [0.2, 0.25) is 0 Å². The molecule has 0 saturated carbocycles. The van der Waals surface area contributed by atoms with Crippen molar-refractivity contribution in [1.82, 2.24) is 9.80 Å². The van der Waals surface area contributed by atoms with Crippen LogP contribution in [0.1, 0.15) is 50.7 Å². The number of rotatable bonds is 6. The molecule has 0 spiro atoms. The zero-order valence-corrected chi connectivity index (χ0v) is 34.3. The number of hydrogen-bond donors (Lipinski definition) is 0. The molecule has 0 radical (unpaired) electrons. The van der Waals surface area contributed by atoms with Gasteiger partial charge in [-0.1, -0.05) is 44.0 Å². The van der Waals surface area contributed by atoms with Crippen LogP contribution in [0.25, 0.3) is 0 Å². The van der Waals surface area contributed by atoms with Gasteiger partial charge in [0.1, 0.15) is 0 Å². The molecule has 0 bridgehead atoms. The molecule has 2 fully saturated rings. The van der Waals surface area contributed by atoms with Gasteiger partial charge in [-0.05, 0) is 62.1 Å². The fourth-order valence-corrected chi connectivity index (χ4v) is 8.94. The van der Waals surface area contributed by atoms with E-state index in [1.165, 1.54) is 0 Å². The number of morpholine rings is 2. The predicted octanol–water partition coefficient (Wildman–Crippen LogP) is 6.00. The highest BCUT2D eigenvalue weighted by Gasteiger charge is 2.36. The summed E-state index contributed by atoms with van der Waals surface area (Å²) in [7, 11) is 0. The largest absolute Gasteiger partial charge is 0.378 e. The summed E-state index contributed by atoms with van der Waals surface area (Å²) in [5.41, 5.74) is 4.78. The number of amides is 2. The van der Waals surface area contributed by atoms with E-state index in [0.717, 1.165) is 44.3 Å². The Morgan fingerprint density at radius 3 is 1.43 bits per heavy atom. The van der Waals surface area contributed by atoms with Crippen LogP contribution in [-0.2, 0) is 41.5 Å². The van der Waals surface area contributed by atoms with E-state index in [1.807, 2.05) is 50.2 Å². The smallest absolute Gasteiger partial charge is 0.232 e. The van der Waals surface area contributed by atoms with Crippen molar-refractivity contribution in [2.24, 2.45) is 9.98 Å². The van der Waals surface area contributed by atoms with Crippen molar-refractivity contribution in [2.45, 2.75) is 64.5 Å². The maximum Gasteiger partial charge on any atom is 0.232 e. The monoisotopic (exact) mass is 898 g/mol. The van der Waals surface area contributed by atoms with E-state index in [9.17, 15) is 28.0 Å². The molecule has 0 aromatic heterocycles. The van der Waals surface area contributed by atoms with Gasteiger partial charge in [-0.25, -0.2) is 9.98 Å². The summed E-state index contributed by atoms with van der Waals surface area (Å²) in [6, 6.07) is 11.6. The van der Waals surface area contributed by atoms with Crippen molar-refractivity contribution in [1.29, 1.82) is 0 Å². The fourth-order valence-electron chi connectivity index (χ4n) is 7.90. The van der Waals surface area contributed by atoms with Gasteiger partial charge >= 0.3 is 0 Å². The number of fused-ring (bicyclic) bond motifs is 2. The molecule has 0 aliphatic carbocycles. The van der Waals surface area contributed by atoms with Gasteiger partial charge in [0, 0.05) is 70.0 Å². The Labute approximate surface area is 340 Å². The molecular formula is C40H42Br2F2N6O6. The summed E-state index contributed by atoms with van der Waals surface area (Å²) >= 11 is 7.09. The molecule has 8 rings (SSSR count). The van der Waals surface area contributed by atoms with Crippen LogP contribution in [0.4, 0.5) is 20.2 Å². The lowest BCUT2D eigenvalue weighted by Crippen LogP contribution is -2.39. The molecule has 6 aliphatic heterocycles. The van der Waals surface area contributed by atoms with Crippen LogP contribution in [0.15, 0.2) is 78.6 Å². The van der Waals surface area contributed by atoms with E-state index < -0.39 is 23.2 Å². The summed E-state index contributed by atoms with van der Waals surface area (Å²) in [6.07, 6.45) is 1.23. The van der Waals surface area contributed by atoms with Gasteiger partial charge in [0.25, 0.3) is 0 Å². The summed E-state index contributed by atoms with van der Waals surface area (Å²) < 4.78 is 41.3. The van der Waals surface area contributed by atoms with E-state index in [4.69, 9.17) is 9.47 Å². The summed E-state index contributed by atoms with van der Waals surface area (Å²) in [4.78, 5) is 66.1. The van der Waals surface area contributed by atoms with Crippen LogP contribution in [0.3, 0.4) is 0 Å². The first-order valence-corrected chi connectivity index (χ1v) is 20.3. The first-order valence-electron chi connectivity index (χ1n) is 18.7. The van der Waals surface area contributed by atoms with Gasteiger partial charge in [-0.2, -0.15) is 8.78 Å². The molecule has 56 heavy (non-hydrogen) atoms. The molecule has 2 aromatic rings. The van der Waals surface area contributed by atoms with Gasteiger partial charge in [-0.3, -0.25) is 19.2 Å². The van der Waals surface area contributed by atoms with Crippen LogP contribution >= 0.6 is 31.9 Å². The minimum atomic E-state index is -0.818. The number of aliphatic imine (C=N–C) groups is 2. The zero-order chi connectivity index (χ0) is 39.7. The third-order valence-electron chi connectivity index (χ3n) is 10.6. The number of carbonyl (C=O) groups is 4. The van der Waals surface area contributed by atoms with Crippen LogP contribution in [0, 0.1) is 0 Å². The molecule has 0 N–H and O–H groups in total. The third-order valence-corrected chi connectivity index (χ3v) is 12.1. The van der Waals surface area contributed by atoms with Gasteiger partial charge in [-0.15, -0.1) is 0 Å². The Morgan fingerprint density at radius 1 is 0.679 bits per heavy atom. The SMILES string of the molecule is CC1Cc2c(Br)cccc2N1C(=O)CC1=NC(N2CCOCC2)=C(F)C(=O)C1.CC1Cc2c(Br)cccc2N1C(=O)CC1=NC(N2CCOCC2)=C(F)C(=O)C1. The van der Waals surface area contributed by atoms with E-state index in [0.29, 0.717) is 64.0 Å². The lowest BCUT2D eigenvalue weighted by atomic mass is 10.1. The first kappa shape index (κ1) is 40.1. The van der Waals surface area contributed by atoms with Crippen molar-refractivity contribution < 1.29 is 37.4 Å². The minimum absolute atomic E-state index is 0.00313. The Kier molecular flexibility index (Phi) is 12.3. The molecule has 6 heterocycles. The molecule has 6 aliphatic rings. The average Bonchev–Trinajstić information content (AvgIpc) is 3.72. The second-order valence-electron chi connectivity index (χ2n) is 14.5. The number of benzene rings is 2. The Morgan fingerprint density at radius 2 is 1.05 bits per heavy atom. The topological polar surface area (TPSA) is 124 Å². The molecule has 12 nitrogen and oxygen atoms in total. The molecule has 2 aromatic carbocycles. The minimum Gasteiger partial charge on any atom is -0.378 e.